The summed E-state index contributed by atoms with van der Waals surface area (Å²) in [6.07, 6.45) is 3.00. The van der Waals surface area contributed by atoms with Gasteiger partial charge in [0.25, 0.3) is 5.91 Å². The highest BCUT2D eigenvalue weighted by molar-refractivity contribution is 9.10. The molecule has 0 fully saturated rings. The molecule has 0 aliphatic carbocycles. The second kappa shape index (κ2) is 5.84. The van der Waals surface area contributed by atoms with Crippen molar-refractivity contribution in [1.82, 2.24) is 4.98 Å². The second-order valence-corrected chi connectivity index (χ2v) is 5.71. The molecule has 0 saturated carbocycles. The number of halogens is 2. The summed E-state index contributed by atoms with van der Waals surface area (Å²) in [4.78, 5) is 16.2. The van der Waals surface area contributed by atoms with Gasteiger partial charge in [0.2, 0.25) is 0 Å². The van der Waals surface area contributed by atoms with E-state index in [1.165, 1.54) is 6.20 Å². The summed E-state index contributed by atoms with van der Waals surface area (Å²) in [5.41, 5.74) is 1.14. The molecule has 1 aromatic heterocycles. The Morgan fingerprint density at radius 3 is 2.62 bits per heavy atom. The van der Waals surface area contributed by atoms with Crippen LogP contribution in [-0.2, 0) is 0 Å². The van der Waals surface area contributed by atoms with Crippen LogP contribution in [0, 0.1) is 0 Å². The van der Waals surface area contributed by atoms with Crippen LogP contribution < -0.4 is 5.32 Å². The van der Waals surface area contributed by atoms with Crippen molar-refractivity contribution in [1.29, 1.82) is 0 Å². The summed E-state index contributed by atoms with van der Waals surface area (Å²) in [6.45, 7) is 0. The number of nitrogens with zero attached hydrogens (tertiary/aromatic N) is 1. The van der Waals surface area contributed by atoms with E-state index in [1.807, 2.05) is 36.4 Å². The van der Waals surface area contributed by atoms with Gasteiger partial charge in [-0.15, -0.1) is 0 Å². The van der Waals surface area contributed by atoms with E-state index >= 15 is 0 Å². The van der Waals surface area contributed by atoms with E-state index in [4.69, 9.17) is 11.6 Å². The number of pyridine rings is 1. The topological polar surface area (TPSA) is 42.0 Å². The molecule has 0 saturated heterocycles. The Morgan fingerprint density at radius 1 is 1.10 bits per heavy atom. The molecule has 1 N–H and O–H groups in total. The number of hydrogen-bond donors (Lipinski definition) is 1. The molecule has 0 spiro atoms. The Kier molecular flexibility index (Phi) is 3.90. The van der Waals surface area contributed by atoms with Gasteiger partial charge in [-0.1, -0.05) is 51.8 Å². The van der Waals surface area contributed by atoms with Crippen LogP contribution >= 0.6 is 27.5 Å². The number of fused-ring (bicyclic) bond motifs is 1. The van der Waals surface area contributed by atoms with Crippen molar-refractivity contribution in [3.05, 3.63) is 69.9 Å². The third-order valence-electron chi connectivity index (χ3n) is 3.14. The number of hydrogen-bond acceptors (Lipinski definition) is 2. The Bertz CT molecular complexity index is 835. The summed E-state index contributed by atoms with van der Waals surface area (Å²) in [5, 5.41) is 5.23. The van der Waals surface area contributed by atoms with Crippen molar-refractivity contribution in [2.24, 2.45) is 0 Å². The highest BCUT2D eigenvalue weighted by atomic mass is 79.9. The quantitative estimate of drug-likeness (QED) is 0.705. The molecule has 1 heterocycles. The van der Waals surface area contributed by atoms with Crippen molar-refractivity contribution < 1.29 is 4.79 Å². The predicted octanol–water partition coefficient (Wildman–Crippen LogP) is 4.90. The van der Waals surface area contributed by atoms with Gasteiger partial charge in [0.05, 0.1) is 10.6 Å². The molecule has 0 bridgehead atoms. The minimum Gasteiger partial charge on any atom is -0.321 e. The molecule has 3 aromatic rings. The Labute approximate surface area is 135 Å². The summed E-state index contributed by atoms with van der Waals surface area (Å²) in [6, 6.07) is 13.2. The molecule has 1 amide bonds. The van der Waals surface area contributed by atoms with Gasteiger partial charge in [0.15, 0.2) is 0 Å². The summed E-state index contributed by atoms with van der Waals surface area (Å²) < 4.78 is 0.984. The molecule has 0 radical (unpaired) electrons. The standard InChI is InChI=1S/C16H10BrClN2O/c17-13-5-6-15(11-4-2-1-3-10(11)13)20-16(21)12-7-8-19-9-14(12)18/h1-9H,(H,20,21). The monoisotopic (exact) mass is 360 g/mol. The second-order valence-electron chi connectivity index (χ2n) is 4.45. The Morgan fingerprint density at radius 2 is 1.86 bits per heavy atom. The summed E-state index contributed by atoms with van der Waals surface area (Å²) in [5.74, 6) is -0.255. The van der Waals surface area contributed by atoms with Crippen LogP contribution in [0.5, 0.6) is 0 Å². The largest absolute Gasteiger partial charge is 0.321 e. The van der Waals surface area contributed by atoms with Crippen LogP contribution in [0.3, 0.4) is 0 Å². The number of nitrogens with one attached hydrogen (secondary N) is 1. The minimum absolute atomic E-state index is 0.255. The molecule has 2 aromatic carbocycles. The zero-order valence-electron chi connectivity index (χ0n) is 10.8. The molecule has 0 unspecified atom stereocenters. The average molecular weight is 362 g/mol. The zero-order valence-corrected chi connectivity index (χ0v) is 13.1. The number of rotatable bonds is 2. The molecule has 5 heteroatoms. The van der Waals surface area contributed by atoms with Crippen LogP contribution in [-0.4, -0.2) is 10.9 Å². The first-order valence-electron chi connectivity index (χ1n) is 6.25. The maximum Gasteiger partial charge on any atom is 0.257 e. The number of carbonyl (C=O) groups is 1. The smallest absolute Gasteiger partial charge is 0.257 e. The zero-order chi connectivity index (χ0) is 14.8. The lowest BCUT2D eigenvalue weighted by atomic mass is 10.1. The first-order valence-corrected chi connectivity index (χ1v) is 7.42. The number of aromatic nitrogens is 1. The van der Waals surface area contributed by atoms with Crippen LogP contribution in [0.25, 0.3) is 10.8 Å². The maximum atomic E-state index is 12.3. The lowest BCUT2D eigenvalue weighted by molar-refractivity contribution is 0.102. The highest BCUT2D eigenvalue weighted by Crippen LogP contribution is 2.30. The van der Waals surface area contributed by atoms with E-state index in [-0.39, 0.29) is 5.91 Å². The van der Waals surface area contributed by atoms with Gasteiger partial charge in [-0.3, -0.25) is 9.78 Å². The summed E-state index contributed by atoms with van der Waals surface area (Å²) >= 11 is 9.51. The molecule has 0 aliphatic heterocycles. The van der Waals surface area contributed by atoms with E-state index in [1.54, 1.807) is 12.3 Å². The predicted molar refractivity (Wildman–Crippen MR) is 88.8 cm³/mol. The lowest BCUT2D eigenvalue weighted by Crippen LogP contribution is -2.12. The van der Waals surface area contributed by atoms with E-state index in [0.717, 1.165) is 20.9 Å². The maximum absolute atomic E-state index is 12.3. The van der Waals surface area contributed by atoms with Crippen LogP contribution in [0.2, 0.25) is 5.02 Å². The van der Waals surface area contributed by atoms with Gasteiger partial charge >= 0.3 is 0 Å². The highest BCUT2D eigenvalue weighted by Gasteiger charge is 2.12. The summed E-state index contributed by atoms with van der Waals surface area (Å²) in [7, 11) is 0. The van der Waals surface area contributed by atoms with Crippen molar-refractivity contribution in [3.63, 3.8) is 0 Å². The van der Waals surface area contributed by atoms with Gasteiger partial charge < -0.3 is 5.32 Å². The SMILES string of the molecule is O=C(Nc1ccc(Br)c2ccccc12)c1ccncc1Cl. The molecular formula is C16H10BrClN2O. The van der Waals surface area contributed by atoms with E-state index in [0.29, 0.717) is 10.6 Å². The molecule has 0 aliphatic rings. The molecule has 104 valence electrons. The van der Waals surface area contributed by atoms with E-state index in [9.17, 15) is 4.79 Å². The first-order chi connectivity index (χ1) is 10.2. The fraction of sp³-hybridized carbons (Fsp3) is 0. The van der Waals surface area contributed by atoms with Crippen LogP contribution in [0.15, 0.2) is 59.3 Å². The molecule has 21 heavy (non-hydrogen) atoms. The number of benzene rings is 2. The first kappa shape index (κ1) is 14.0. The van der Waals surface area contributed by atoms with Crippen molar-refractivity contribution in [3.8, 4) is 0 Å². The van der Waals surface area contributed by atoms with Gasteiger partial charge in [-0.2, -0.15) is 0 Å². The normalized spacial score (nSPS) is 10.6. The molecule has 3 nitrogen and oxygen atoms in total. The van der Waals surface area contributed by atoms with Crippen molar-refractivity contribution in [2.75, 3.05) is 5.32 Å². The van der Waals surface area contributed by atoms with Gasteiger partial charge in [0, 0.05) is 27.9 Å². The van der Waals surface area contributed by atoms with Crippen molar-refractivity contribution >= 4 is 49.9 Å². The van der Waals surface area contributed by atoms with Gasteiger partial charge in [-0.05, 0) is 23.6 Å². The number of anilines is 1. The van der Waals surface area contributed by atoms with Gasteiger partial charge in [-0.25, -0.2) is 0 Å². The third-order valence-corrected chi connectivity index (χ3v) is 4.13. The third kappa shape index (κ3) is 2.77. The molecule has 0 atom stereocenters. The average Bonchev–Trinajstić information content (AvgIpc) is 2.51. The molecular weight excluding hydrogens is 352 g/mol. The van der Waals surface area contributed by atoms with Crippen molar-refractivity contribution in [2.45, 2.75) is 0 Å². The Hall–Kier alpha value is -1.91. The number of amides is 1. The van der Waals surface area contributed by atoms with Crippen LogP contribution in [0.4, 0.5) is 5.69 Å². The minimum atomic E-state index is -0.255. The lowest BCUT2D eigenvalue weighted by Gasteiger charge is -2.10. The number of carbonyl (C=O) groups excluding carboxylic acids is 1. The van der Waals surface area contributed by atoms with E-state index < -0.39 is 0 Å². The fourth-order valence-electron chi connectivity index (χ4n) is 2.12. The van der Waals surface area contributed by atoms with E-state index in [2.05, 4.69) is 26.2 Å². The van der Waals surface area contributed by atoms with Crippen LogP contribution in [0.1, 0.15) is 10.4 Å². The fourth-order valence-corrected chi connectivity index (χ4v) is 2.80. The molecule has 3 rings (SSSR count). The Balaban J connectivity index is 2.01. The van der Waals surface area contributed by atoms with Gasteiger partial charge in [0.1, 0.15) is 0 Å².